The second-order valence-corrected chi connectivity index (χ2v) is 6.46. The number of nitrogens with one attached hydrogen (secondary N) is 1. The minimum absolute atomic E-state index is 0.167. The average molecular weight is 239 g/mol. The van der Waals surface area contributed by atoms with Gasteiger partial charge in [0.15, 0.2) is 9.84 Å². The molecule has 0 spiro atoms. The van der Waals surface area contributed by atoms with E-state index in [0.29, 0.717) is 4.90 Å². The average Bonchev–Trinajstić information content (AvgIpc) is 2.83. The van der Waals surface area contributed by atoms with Gasteiger partial charge in [0.05, 0.1) is 10.1 Å². The Balaban J connectivity index is 2.34. The first-order valence-electron chi connectivity index (χ1n) is 5.66. The van der Waals surface area contributed by atoms with E-state index in [2.05, 4.69) is 5.32 Å². The van der Waals surface area contributed by atoms with Crippen LogP contribution < -0.4 is 5.32 Å². The molecule has 1 aliphatic rings. The van der Waals surface area contributed by atoms with E-state index in [-0.39, 0.29) is 5.25 Å². The van der Waals surface area contributed by atoms with E-state index < -0.39 is 9.84 Å². The standard InChI is InChI=1S/C12H17NO2S/c1-13-10-5-4-8-12(9-10)16(14,15)11-6-2-3-7-11/h4-5,8-9,11,13H,2-3,6-7H2,1H3. The van der Waals surface area contributed by atoms with Crippen LogP contribution in [-0.2, 0) is 9.84 Å². The van der Waals surface area contributed by atoms with Crippen molar-refractivity contribution < 1.29 is 8.42 Å². The summed E-state index contributed by atoms with van der Waals surface area (Å²) in [7, 11) is -1.32. The monoisotopic (exact) mass is 239 g/mol. The van der Waals surface area contributed by atoms with Gasteiger partial charge in [-0.25, -0.2) is 8.42 Å². The van der Waals surface area contributed by atoms with Gasteiger partial charge in [0.2, 0.25) is 0 Å². The highest BCUT2D eigenvalue weighted by Gasteiger charge is 2.30. The molecule has 0 aromatic heterocycles. The fourth-order valence-electron chi connectivity index (χ4n) is 2.22. The molecule has 4 heteroatoms. The van der Waals surface area contributed by atoms with Crippen molar-refractivity contribution in [3.63, 3.8) is 0 Å². The van der Waals surface area contributed by atoms with Gasteiger partial charge in [0, 0.05) is 12.7 Å². The first kappa shape index (κ1) is 11.5. The van der Waals surface area contributed by atoms with E-state index in [1.807, 2.05) is 6.07 Å². The molecule has 88 valence electrons. The number of hydrogen-bond acceptors (Lipinski definition) is 3. The summed E-state index contributed by atoms with van der Waals surface area (Å²) in [6, 6.07) is 7.06. The van der Waals surface area contributed by atoms with Crippen LogP contribution in [0.2, 0.25) is 0 Å². The predicted octanol–water partition coefficient (Wildman–Crippen LogP) is 2.44. The quantitative estimate of drug-likeness (QED) is 0.881. The molecule has 0 aliphatic heterocycles. The molecule has 1 fully saturated rings. The van der Waals surface area contributed by atoms with Crippen molar-refractivity contribution in [3.05, 3.63) is 24.3 Å². The molecule has 1 aromatic rings. The summed E-state index contributed by atoms with van der Waals surface area (Å²) in [4.78, 5) is 0.450. The van der Waals surface area contributed by atoms with Crippen molar-refractivity contribution in [1.29, 1.82) is 0 Å². The Morgan fingerprint density at radius 2 is 1.94 bits per heavy atom. The Hall–Kier alpha value is -1.03. The maximum absolute atomic E-state index is 12.3. The molecule has 0 heterocycles. The molecule has 1 N–H and O–H groups in total. The van der Waals surface area contributed by atoms with Crippen molar-refractivity contribution in [3.8, 4) is 0 Å². The van der Waals surface area contributed by atoms with E-state index in [1.54, 1.807) is 25.2 Å². The van der Waals surface area contributed by atoms with Crippen LogP contribution in [0.15, 0.2) is 29.2 Å². The third-order valence-corrected chi connectivity index (χ3v) is 5.45. The van der Waals surface area contributed by atoms with Gasteiger partial charge in [-0.15, -0.1) is 0 Å². The highest BCUT2D eigenvalue weighted by Crippen LogP contribution is 2.30. The summed E-state index contributed by atoms with van der Waals surface area (Å²) >= 11 is 0. The number of hydrogen-bond donors (Lipinski definition) is 1. The van der Waals surface area contributed by atoms with Crippen LogP contribution in [0, 0.1) is 0 Å². The molecule has 3 nitrogen and oxygen atoms in total. The van der Waals surface area contributed by atoms with Gasteiger partial charge in [0.25, 0.3) is 0 Å². The van der Waals surface area contributed by atoms with Gasteiger partial charge in [-0.05, 0) is 31.0 Å². The molecule has 1 aliphatic carbocycles. The zero-order valence-electron chi connectivity index (χ0n) is 9.44. The lowest BCUT2D eigenvalue weighted by Gasteiger charge is -2.12. The highest BCUT2D eigenvalue weighted by molar-refractivity contribution is 7.92. The number of rotatable bonds is 3. The van der Waals surface area contributed by atoms with Crippen molar-refractivity contribution in [2.45, 2.75) is 35.8 Å². The maximum Gasteiger partial charge on any atom is 0.181 e. The molecule has 0 atom stereocenters. The second kappa shape index (κ2) is 4.45. The normalized spacial score (nSPS) is 17.6. The summed E-state index contributed by atoms with van der Waals surface area (Å²) < 4.78 is 24.5. The van der Waals surface area contributed by atoms with E-state index in [1.165, 1.54) is 0 Å². The molecular weight excluding hydrogens is 222 g/mol. The third-order valence-electron chi connectivity index (χ3n) is 3.19. The summed E-state index contributed by atoms with van der Waals surface area (Å²) in [5.74, 6) is 0. The fourth-order valence-corrected chi connectivity index (χ4v) is 4.12. The van der Waals surface area contributed by atoms with E-state index in [9.17, 15) is 8.42 Å². The Morgan fingerprint density at radius 1 is 1.25 bits per heavy atom. The molecule has 2 rings (SSSR count). The van der Waals surface area contributed by atoms with Gasteiger partial charge < -0.3 is 5.32 Å². The molecule has 0 saturated heterocycles. The summed E-state index contributed by atoms with van der Waals surface area (Å²) in [5, 5.41) is 2.80. The van der Waals surface area contributed by atoms with Crippen LogP contribution in [0.4, 0.5) is 5.69 Å². The predicted molar refractivity (Wildman–Crippen MR) is 65.4 cm³/mol. The molecular formula is C12H17NO2S. The minimum Gasteiger partial charge on any atom is -0.388 e. The molecule has 1 aromatic carbocycles. The summed E-state index contributed by atoms with van der Waals surface area (Å²) in [5.41, 5.74) is 0.846. The van der Waals surface area contributed by atoms with Gasteiger partial charge in [0.1, 0.15) is 0 Å². The number of anilines is 1. The van der Waals surface area contributed by atoms with E-state index in [4.69, 9.17) is 0 Å². The fraction of sp³-hybridized carbons (Fsp3) is 0.500. The smallest absolute Gasteiger partial charge is 0.181 e. The molecule has 0 radical (unpaired) electrons. The van der Waals surface area contributed by atoms with Crippen LogP contribution in [0.3, 0.4) is 0 Å². The number of sulfone groups is 1. The Morgan fingerprint density at radius 3 is 2.56 bits per heavy atom. The first-order valence-corrected chi connectivity index (χ1v) is 7.21. The second-order valence-electron chi connectivity index (χ2n) is 4.23. The lowest BCUT2D eigenvalue weighted by molar-refractivity contribution is 0.579. The van der Waals surface area contributed by atoms with Crippen molar-refractivity contribution in [1.82, 2.24) is 0 Å². The zero-order valence-corrected chi connectivity index (χ0v) is 10.3. The van der Waals surface area contributed by atoms with Crippen LogP contribution in [-0.4, -0.2) is 20.7 Å². The summed E-state index contributed by atoms with van der Waals surface area (Å²) in [6.07, 6.45) is 3.70. The van der Waals surface area contributed by atoms with Gasteiger partial charge in [-0.1, -0.05) is 18.9 Å². The maximum atomic E-state index is 12.3. The van der Waals surface area contributed by atoms with Crippen LogP contribution >= 0.6 is 0 Å². The zero-order chi connectivity index (χ0) is 11.6. The van der Waals surface area contributed by atoms with E-state index in [0.717, 1.165) is 31.4 Å². The molecule has 0 bridgehead atoms. The molecule has 1 saturated carbocycles. The molecule has 16 heavy (non-hydrogen) atoms. The topological polar surface area (TPSA) is 46.2 Å². The molecule has 0 unspecified atom stereocenters. The minimum atomic E-state index is -3.11. The van der Waals surface area contributed by atoms with Crippen LogP contribution in [0.1, 0.15) is 25.7 Å². The lowest BCUT2D eigenvalue weighted by atomic mass is 10.3. The van der Waals surface area contributed by atoms with Crippen LogP contribution in [0.25, 0.3) is 0 Å². The third kappa shape index (κ3) is 2.07. The van der Waals surface area contributed by atoms with Crippen molar-refractivity contribution in [2.24, 2.45) is 0 Å². The highest BCUT2D eigenvalue weighted by atomic mass is 32.2. The Kier molecular flexibility index (Phi) is 3.19. The lowest BCUT2D eigenvalue weighted by Crippen LogP contribution is -2.17. The number of benzene rings is 1. The van der Waals surface area contributed by atoms with Gasteiger partial charge >= 0.3 is 0 Å². The Bertz CT molecular complexity index is 462. The van der Waals surface area contributed by atoms with Gasteiger partial charge in [-0.3, -0.25) is 0 Å². The molecule has 0 amide bonds. The largest absolute Gasteiger partial charge is 0.388 e. The summed E-state index contributed by atoms with van der Waals surface area (Å²) in [6.45, 7) is 0. The van der Waals surface area contributed by atoms with Gasteiger partial charge in [-0.2, -0.15) is 0 Å². The van der Waals surface area contributed by atoms with Crippen molar-refractivity contribution >= 4 is 15.5 Å². The first-order chi connectivity index (χ1) is 7.64. The van der Waals surface area contributed by atoms with Crippen LogP contribution in [0.5, 0.6) is 0 Å². The SMILES string of the molecule is CNc1cccc(S(=O)(=O)C2CCCC2)c1. The van der Waals surface area contributed by atoms with E-state index >= 15 is 0 Å². The van der Waals surface area contributed by atoms with Crippen molar-refractivity contribution in [2.75, 3.05) is 12.4 Å². The Labute approximate surface area is 96.8 Å².